The van der Waals surface area contributed by atoms with Crippen LogP contribution in [0.4, 0.5) is 5.82 Å². The third-order valence-corrected chi connectivity index (χ3v) is 5.31. The maximum atomic E-state index is 6.31. The Morgan fingerprint density at radius 2 is 2.13 bits per heavy atom. The van der Waals surface area contributed by atoms with E-state index in [1.165, 1.54) is 0 Å². The largest absolute Gasteiger partial charge is 0.357 e. The SMILES string of the molecule is CCNC(=NCc1cccc(-n2cccn2)c1)NC1CCN(c2ncccc2Cl)C1.I. The molecular weight excluding hydrogens is 525 g/mol. The van der Waals surface area contributed by atoms with E-state index in [1.807, 2.05) is 41.2 Å². The molecule has 1 aliphatic rings. The number of nitrogens with one attached hydrogen (secondary N) is 2. The lowest BCUT2D eigenvalue weighted by Crippen LogP contribution is -2.44. The molecule has 0 radical (unpaired) electrons. The maximum absolute atomic E-state index is 6.31. The summed E-state index contributed by atoms with van der Waals surface area (Å²) >= 11 is 6.31. The van der Waals surface area contributed by atoms with E-state index < -0.39 is 0 Å². The van der Waals surface area contributed by atoms with Crippen molar-refractivity contribution in [2.45, 2.75) is 25.9 Å². The third-order valence-electron chi connectivity index (χ3n) is 5.01. The van der Waals surface area contributed by atoms with Gasteiger partial charge in [-0.3, -0.25) is 0 Å². The van der Waals surface area contributed by atoms with Gasteiger partial charge in [-0.1, -0.05) is 23.7 Å². The van der Waals surface area contributed by atoms with Crippen molar-refractivity contribution in [1.82, 2.24) is 25.4 Å². The quantitative estimate of drug-likeness (QED) is 0.277. The van der Waals surface area contributed by atoms with Crippen LogP contribution in [0.25, 0.3) is 5.69 Å². The van der Waals surface area contributed by atoms with Gasteiger partial charge in [0.05, 0.1) is 17.3 Å². The Bertz CT molecular complexity index is 993. The Morgan fingerprint density at radius 1 is 1.23 bits per heavy atom. The third kappa shape index (κ3) is 6.10. The molecule has 0 spiro atoms. The van der Waals surface area contributed by atoms with Crippen LogP contribution in [0, 0.1) is 0 Å². The topological polar surface area (TPSA) is 70.4 Å². The first-order valence-electron chi connectivity index (χ1n) is 10.2. The summed E-state index contributed by atoms with van der Waals surface area (Å²) in [5.74, 6) is 1.67. The molecule has 0 bridgehead atoms. The van der Waals surface area contributed by atoms with Crippen LogP contribution in [-0.2, 0) is 6.54 Å². The molecule has 2 aromatic heterocycles. The molecule has 1 aromatic carbocycles. The second-order valence-corrected chi connectivity index (χ2v) is 7.61. The summed E-state index contributed by atoms with van der Waals surface area (Å²) in [4.78, 5) is 11.4. The van der Waals surface area contributed by atoms with Crippen LogP contribution >= 0.6 is 35.6 Å². The number of anilines is 1. The summed E-state index contributed by atoms with van der Waals surface area (Å²) in [6.45, 7) is 5.23. The molecule has 3 heterocycles. The summed E-state index contributed by atoms with van der Waals surface area (Å²) in [6.07, 6.45) is 6.51. The van der Waals surface area contributed by atoms with Gasteiger partial charge >= 0.3 is 0 Å². The average molecular weight is 552 g/mol. The van der Waals surface area contributed by atoms with E-state index in [1.54, 1.807) is 12.4 Å². The molecule has 2 N–H and O–H groups in total. The van der Waals surface area contributed by atoms with Gasteiger partial charge in [-0.05, 0) is 49.2 Å². The summed E-state index contributed by atoms with van der Waals surface area (Å²) in [5.41, 5.74) is 2.16. The highest BCUT2D eigenvalue weighted by atomic mass is 127. The maximum Gasteiger partial charge on any atom is 0.191 e. The van der Waals surface area contributed by atoms with Gasteiger partial charge in [-0.25, -0.2) is 14.7 Å². The van der Waals surface area contributed by atoms with E-state index in [0.29, 0.717) is 11.6 Å². The predicted molar refractivity (Wildman–Crippen MR) is 137 cm³/mol. The van der Waals surface area contributed by atoms with E-state index in [-0.39, 0.29) is 30.0 Å². The first-order valence-corrected chi connectivity index (χ1v) is 10.6. The minimum absolute atomic E-state index is 0. The molecule has 1 unspecified atom stereocenters. The average Bonchev–Trinajstić information content (AvgIpc) is 3.45. The smallest absolute Gasteiger partial charge is 0.191 e. The number of aromatic nitrogens is 3. The van der Waals surface area contributed by atoms with Gasteiger partial charge in [0, 0.05) is 44.3 Å². The molecule has 0 amide bonds. The van der Waals surface area contributed by atoms with Crippen molar-refractivity contribution in [2.75, 3.05) is 24.5 Å². The Hall–Kier alpha value is -2.33. The highest BCUT2D eigenvalue weighted by molar-refractivity contribution is 14.0. The van der Waals surface area contributed by atoms with Crippen LogP contribution in [0.15, 0.2) is 66.0 Å². The summed E-state index contributed by atoms with van der Waals surface area (Å²) in [6, 6.07) is 14.2. The number of halogens is 2. The van der Waals surface area contributed by atoms with Crippen molar-refractivity contribution in [2.24, 2.45) is 4.99 Å². The summed E-state index contributed by atoms with van der Waals surface area (Å²) in [7, 11) is 0. The van der Waals surface area contributed by atoms with E-state index in [4.69, 9.17) is 16.6 Å². The molecule has 31 heavy (non-hydrogen) atoms. The molecule has 164 valence electrons. The van der Waals surface area contributed by atoms with Crippen molar-refractivity contribution in [3.63, 3.8) is 0 Å². The number of benzene rings is 1. The Kier molecular flexibility index (Phi) is 8.53. The first kappa shape index (κ1) is 23.3. The van der Waals surface area contributed by atoms with Crippen molar-refractivity contribution in [3.05, 3.63) is 71.6 Å². The lowest BCUT2D eigenvalue weighted by molar-refractivity contribution is 0.648. The van der Waals surface area contributed by atoms with E-state index >= 15 is 0 Å². The van der Waals surface area contributed by atoms with Gasteiger partial charge in [0.1, 0.15) is 5.82 Å². The number of aliphatic imine (C=N–C) groups is 1. The summed E-state index contributed by atoms with van der Waals surface area (Å²) < 4.78 is 1.85. The molecule has 7 nitrogen and oxygen atoms in total. The van der Waals surface area contributed by atoms with Gasteiger partial charge < -0.3 is 15.5 Å². The van der Waals surface area contributed by atoms with Gasteiger partial charge in [0.25, 0.3) is 0 Å². The number of guanidine groups is 1. The fraction of sp³-hybridized carbons (Fsp3) is 0.318. The zero-order valence-electron chi connectivity index (χ0n) is 17.4. The number of hydrogen-bond acceptors (Lipinski definition) is 4. The number of rotatable bonds is 6. The Labute approximate surface area is 204 Å². The van der Waals surface area contributed by atoms with Crippen LogP contribution in [0.1, 0.15) is 18.9 Å². The monoisotopic (exact) mass is 551 g/mol. The van der Waals surface area contributed by atoms with Crippen LogP contribution in [-0.4, -0.2) is 46.4 Å². The molecule has 3 aromatic rings. The molecule has 0 saturated carbocycles. The minimum Gasteiger partial charge on any atom is -0.357 e. The van der Waals surface area contributed by atoms with Crippen molar-refractivity contribution in [3.8, 4) is 5.69 Å². The highest BCUT2D eigenvalue weighted by Crippen LogP contribution is 2.25. The number of nitrogens with zero attached hydrogens (tertiary/aromatic N) is 5. The fourth-order valence-corrected chi connectivity index (χ4v) is 3.82. The van der Waals surface area contributed by atoms with Crippen molar-refractivity contribution in [1.29, 1.82) is 0 Å². The Morgan fingerprint density at radius 3 is 2.90 bits per heavy atom. The van der Waals surface area contributed by atoms with Gasteiger partial charge in [-0.2, -0.15) is 5.10 Å². The second-order valence-electron chi connectivity index (χ2n) is 7.20. The zero-order chi connectivity index (χ0) is 20.8. The van der Waals surface area contributed by atoms with Crippen LogP contribution in [0.5, 0.6) is 0 Å². The molecule has 4 rings (SSSR count). The highest BCUT2D eigenvalue weighted by Gasteiger charge is 2.25. The number of pyridine rings is 1. The molecule has 9 heteroatoms. The molecular formula is C22H27ClIN7. The summed E-state index contributed by atoms with van der Waals surface area (Å²) in [5, 5.41) is 11.9. The normalized spacial score (nSPS) is 16.1. The van der Waals surface area contributed by atoms with Gasteiger partial charge in [0.2, 0.25) is 0 Å². The van der Waals surface area contributed by atoms with E-state index in [0.717, 1.165) is 49.1 Å². The van der Waals surface area contributed by atoms with Gasteiger partial charge in [-0.15, -0.1) is 24.0 Å². The van der Waals surface area contributed by atoms with Crippen LogP contribution in [0.3, 0.4) is 0 Å². The standard InChI is InChI=1S/C22H26ClN7.HI/c1-2-24-22(26-15-17-6-3-7-19(14-17)30-12-5-11-27-30)28-18-9-13-29(16-18)21-20(23)8-4-10-25-21;/h3-8,10-12,14,18H,2,9,13,15-16H2,1H3,(H2,24,26,28);1H. The van der Waals surface area contributed by atoms with E-state index in [9.17, 15) is 0 Å². The van der Waals surface area contributed by atoms with Crippen LogP contribution in [0.2, 0.25) is 5.02 Å². The molecule has 1 atom stereocenters. The van der Waals surface area contributed by atoms with Gasteiger partial charge in [0.15, 0.2) is 5.96 Å². The molecule has 1 aliphatic heterocycles. The Balaban J connectivity index is 0.00000272. The molecule has 0 aliphatic carbocycles. The minimum atomic E-state index is 0. The van der Waals surface area contributed by atoms with Crippen molar-refractivity contribution >= 4 is 47.4 Å². The molecule has 1 saturated heterocycles. The van der Waals surface area contributed by atoms with E-state index in [2.05, 4.69) is 44.7 Å². The number of hydrogen-bond donors (Lipinski definition) is 2. The van der Waals surface area contributed by atoms with Crippen LogP contribution < -0.4 is 15.5 Å². The second kappa shape index (κ2) is 11.3. The first-order chi connectivity index (χ1) is 14.7. The lowest BCUT2D eigenvalue weighted by atomic mass is 10.2. The van der Waals surface area contributed by atoms with Crippen molar-refractivity contribution < 1.29 is 0 Å². The zero-order valence-corrected chi connectivity index (χ0v) is 20.5. The fourth-order valence-electron chi connectivity index (χ4n) is 3.58. The molecule has 1 fully saturated rings. The predicted octanol–water partition coefficient (Wildman–Crippen LogP) is 3.87. The lowest BCUT2D eigenvalue weighted by Gasteiger charge is -2.20.